The van der Waals surface area contributed by atoms with Crippen molar-refractivity contribution in [3.63, 3.8) is 0 Å². The van der Waals surface area contributed by atoms with Gasteiger partial charge in [-0.15, -0.1) is 23.2 Å². The van der Waals surface area contributed by atoms with Gasteiger partial charge in [0.1, 0.15) is 4.33 Å². The lowest BCUT2D eigenvalue weighted by molar-refractivity contribution is -0.133. The van der Waals surface area contributed by atoms with E-state index in [9.17, 15) is 13.2 Å². The lowest BCUT2D eigenvalue weighted by Gasteiger charge is -2.34. The fourth-order valence-corrected chi connectivity index (χ4v) is 5.20. The molecule has 0 radical (unpaired) electrons. The molecule has 8 heteroatoms. The Morgan fingerprint density at radius 2 is 1.75 bits per heavy atom. The number of aryl methyl sites for hydroxylation is 2. The van der Waals surface area contributed by atoms with Crippen LogP contribution in [0.1, 0.15) is 17.5 Å². The highest BCUT2D eigenvalue weighted by molar-refractivity contribution is 7.89. The molecule has 1 saturated carbocycles. The molecule has 24 heavy (non-hydrogen) atoms. The second kappa shape index (κ2) is 6.16. The number of hydrogen-bond donors (Lipinski definition) is 0. The Morgan fingerprint density at radius 3 is 2.29 bits per heavy atom. The van der Waals surface area contributed by atoms with Gasteiger partial charge in [0, 0.05) is 26.2 Å². The third-order valence-electron chi connectivity index (χ3n) is 4.64. The van der Waals surface area contributed by atoms with E-state index in [1.807, 2.05) is 19.1 Å². The monoisotopic (exact) mass is 390 g/mol. The number of hydrogen-bond acceptors (Lipinski definition) is 3. The Kier molecular flexibility index (Phi) is 4.62. The van der Waals surface area contributed by atoms with E-state index < -0.39 is 14.4 Å². The molecule has 0 aromatic heterocycles. The molecule has 1 unspecified atom stereocenters. The summed E-state index contributed by atoms with van der Waals surface area (Å²) < 4.78 is 26.2. The largest absolute Gasteiger partial charge is 0.340 e. The van der Waals surface area contributed by atoms with Crippen LogP contribution < -0.4 is 0 Å². The van der Waals surface area contributed by atoms with E-state index in [-0.39, 0.29) is 24.9 Å². The van der Waals surface area contributed by atoms with Crippen LogP contribution in [-0.4, -0.2) is 54.0 Å². The maximum absolute atomic E-state index is 12.9. The Bertz CT molecular complexity index is 772. The minimum atomic E-state index is -3.55. The summed E-state index contributed by atoms with van der Waals surface area (Å²) in [5, 5.41) is 0. The number of nitrogens with zero attached hydrogens (tertiary/aromatic N) is 2. The summed E-state index contributed by atoms with van der Waals surface area (Å²) in [7, 11) is -3.55. The van der Waals surface area contributed by atoms with Crippen LogP contribution in [0.15, 0.2) is 23.1 Å². The predicted molar refractivity (Wildman–Crippen MR) is 93.8 cm³/mol. The molecule has 1 aliphatic carbocycles. The highest BCUT2D eigenvalue weighted by Gasteiger charge is 2.57. The second-order valence-corrected chi connectivity index (χ2v) is 9.96. The summed E-state index contributed by atoms with van der Waals surface area (Å²) in [5.74, 6) is -0.438. The Labute approximate surface area is 152 Å². The number of alkyl halides is 2. The maximum atomic E-state index is 12.9. The van der Waals surface area contributed by atoms with Crippen molar-refractivity contribution >= 4 is 39.1 Å². The molecule has 1 heterocycles. The van der Waals surface area contributed by atoms with Crippen molar-refractivity contribution in [1.29, 1.82) is 0 Å². The topological polar surface area (TPSA) is 57.7 Å². The van der Waals surface area contributed by atoms with Crippen LogP contribution in [-0.2, 0) is 14.8 Å². The van der Waals surface area contributed by atoms with Crippen LogP contribution in [0.2, 0.25) is 0 Å². The van der Waals surface area contributed by atoms with E-state index in [0.29, 0.717) is 24.4 Å². The Balaban J connectivity index is 1.70. The summed E-state index contributed by atoms with van der Waals surface area (Å²) in [6.45, 7) is 4.96. The zero-order valence-corrected chi connectivity index (χ0v) is 16.0. The van der Waals surface area contributed by atoms with Crippen molar-refractivity contribution in [1.82, 2.24) is 9.21 Å². The SMILES string of the molecule is Cc1ccc(C)c(S(=O)(=O)N2CCN(C(=O)C3CC3(Cl)Cl)CC2)c1. The van der Waals surface area contributed by atoms with Crippen LogP contribution in [0.25, 0.3) is 0 Å². The molecule has 2 aliphatic rings. The van der Waals surface area contributed by atoms with Gasteiger partial charge in [-0.25, -0.2) is 8.42 Å². The van der Waals surface area contributed by atoms with E-state index in [1.165, 1.54) is 4.31 Å². The summed E-state index contributed by atoms with van der Waals surface area (Å²) in [6, 6.07) is 5.41. The normalized spacial score (nSPS) is 24.0. The zero-order valence-electron chi connectivity index (χ0n) is 13.6. The van der Waals surface area contributed by atoms with Crippen LogP contribution in [0, 0.1) is 19.8 Å². The number of carbonyl (C=O) groups excluding carboxylic acids is 1. The Morgan fingerprint density at radius 1 is 1.17 bits per heavy atom. The molecule has 2 fully saturated rings. The molecule has 1 aliphatic heterocycles. The molecule has 0 spiro atoms. The molecule has 0 N–H and O–H groups in total. The molecule has 132 valence electrons. The van der Waals surface area contributed by atoms with Gasteiger partial charge in [-0.3, -0.25) is 4.79 Å². The van der Waals surface area contributed by atoms with Gasteiger partial charge in [-0.2, -0.15) is 4.31 Å². The number of piperazine rings is 1. The van der Waals surface area contributed by atoms with Crippen LogP contribution in [0.5, 0.6) is 0 Å². The second-order valence-electron chi connectivity index (χ2n) is 6.52. The molecule has 1 aromatic rings. The van der Waals surface area contributed by atoms with E-state index in [1.54, 1.807) is 17.9 Å². The van der Waals surface area contributed by atoms with Gasteiger partial charge in [0.2, 0.25) is 15.9 Å². The summed E-state index contributed by atoms with van der Waals surface area (Å²) in [4.78, 5) is 14.3. The van der Waals surface area contributed by atoms with E-state index in [0.717, 1.165) is 11.1 Å². The van der Waals surface area contributed by atoms with Crippen molar-refractivity contribution in [3.05, 3.63) is 29.3 Å². The first-order chi connectivity index (χ1) is 11.1. The molecule has 1 amide bonds. The first-order valence-electron chi connectivity index (χ1n) is 7.87. The third kappa shape index (κ3) is 3.29. The molecule has 3 rings (SSSR count). The maximum Gasteiger partial charge on any atom is 0.243 e. The molecule has 1 atom stereocenters. The molecule has 1 saturated heterocycles. The van der Waals surface area contributed by atoms with Crippen LogP contribution in [0.4, 0.5) is 0 Å². The summed E-state index contributed by atoms with van der Waals surface area (Å²) in [6.07, 6.45) is 0.468. The fraction of sp³-hybridized carbons (Fsp3) is 0.562. The molecule has 0 bridgehead atoms. The average molecular weight is 391 g/mol. The van der Waals surface area contributed by atoms with Gasteiger partial charge in [0.05, 0.1) is 10.8 Å². The highest BCUT2D eigenvalue weighted by Crippen LogP contribution is 2.53. The van der Waals surface area contributed by atoms with Crippen molar-refractivity contribution in [2.45, 2.75) is 29.5 Å². The smallest absolute Gasteiger partial charge is 0.243 e. The molecular weight excluding hydrogens is 371 g/mol. The molecule has 5 nitrogen and oxygen atoms in total. The Hall–Kier alpha value is -0.820. The van der Waals surface area contributed by atoms with Crippen LogP contribution >= 0.6 is 23.2 Å². The van der Waals surface area contributed by atoms with Crippen LogP contribution in [0.3, 0.4) is 0 Å². The lowest BCUT2D eigenvalue weighted by Crippen LogP contribution is -2.51. The van der Waals surface area contributed by atoms with E-state index in [2.05, 4.69) is 0 Å². The van der Waals surface area contributed by atoms with Gasteiger partial charge in [-0.1, -0.05) is 12.1 Å². The van der Waals surface area contributed by atoms with Crippen molar-refractivity contribution in [2.75, 3.05) is 26.2 Å². The minimum absolute atomic E-state index is 0.0798. The van der Waals surface area contributed by atoms with E-state index >= 15 is 0 Å². The first-order valence-corrected chi connectivity index (χ1v) is 10.1. The van der Waals surface area contributed by atoms with Crippen molar-refractivity contribution in [3.8, 4) is 0 Å². The summed E-state index contributed by atoms with van der Waals surface area (Å²) in [5.41, 5.74) is 1.63. The summed E-state index contributed by atoms with van der Waals surface area (Å²) >= 11 is 11.9. The number of benzene rings is 1. The quantitative estimate of drug-likeness (QED) is 0.744. The number of halogens is 2. The standard InChI is InChI=1S/C16H20Cl2N2O3S/c1-11-3-4-12(2)14(9-11)24(22,23)20-7-5-19(6-8-20)15(21)13-10-16(13,17)18/h3-4,9,13H,5-8,10H2,1-2H3. The third-order valence-corrected chi connectivity index (χ3v) is 7.51. The predicted octanol–water partition coefficient (Wildman–Crippen LogP) is 2.33. The highest BCUT2D eigenvalue weighted by atomic mass is 35.5. The number of rotatable bonds is 3. The first kappa shape index (κ1) is 18.0. The average Bonchev–Trinajstić information content (AvgIpc) is 3.17. The van der Waals surface area contributed by atoms with Crippen molar-refractivity contribution in [2.24, 2.45) is 5.92 Å². The van der Waals surface area contributed by atoms with Gasteiger partial charge in [0.15, 0.2) is 0 Å². The minimum Gasteiger partial charge on any atom is -0.340 e. The number of carbonyl (C=O) groups is 1. The van der Waals surface area contributed by atoms with E-state index in [4.69, 9.17) is 23.2 Å². The zero-order chi connectivity index (χ0) is 17.7. The van der Waals surface area contributed by atoms with Gasteiger partial charge in [0.25, 0.3) is 0 Å². The number of amides is 1. The number of sulfonamides is 1. The van der Waals surface area contributed by atoms with Crippen molar-refractivity contribution < 1.29 is 13.2 Å². The lowest BCUT2D eigenvalue weighted by atomic mass is 10.2. The van der Waals surface area contributed by atoms with Gasteiger partial charge >= 0.3 is 0 Å². The molecular formula is C16H20Cl2N2O3S. The molecule has 1 aromatic carbocycles. The van der Waals surface area contributed by atoms with Gasteiger partial charge in [-0.05, 0) is 37.5 Å². The fourth-order valence-electron chi connectivity index (χ4n) is 2.97. The van der Waals surface area contributed by atoms with Gasteiger partial charge < -0.3 is 4.90 Å².